The Morgan fingerprint density at radius 2 is 2.12 bits per heavy atom. The van der Waals surface area contributed by atoms with E-state index in [1.165, 1.54) is 11.3 Å². The molecule has 0 aliphatic heterocycles. The zero-order valence-corrected chi connectivity index (χ0v) is 11.3. The fraction of sp³-hybridized carbons (Fsp3) is 0.636. The van der Waals surface area contributed by atoms with Crippen LogP contribution in [-0.2, 0) is 6.54 Å². The molecule has 0 aliphatic rings. The summed E-state index contributed by atoms with van der Waals surface area (Å²) in [6.45, 7) is 2.75. The minimum atomic E-state index is -0.948. The summed E-state index contributed by atoms with van der Waals surface area (Å²) >= 11 is 1.18. The smallest absolute Gasteiger partial charge is 0.365 e. The molecule has 0 fully saturated rings. The summed E-state index contributed by atoms with van der Waals surface area (Å²) in [5, 5.41) is 10.7. The standard InChI is InChI=1S/C11H19N3O2S/c1-13(2)5-4-6-14(3)7-9-8-17-10(12-9)11(15)16/h8H,4-7H2,1-3H3,(H,15,16). The van der Waals surface area contributed by atoms with Gasteiger partial charge in [0.05, 0.1) is 5.69 Å². The Bertz CT molecular complexity index is 365. The van der Waals surface area contributed by atoms with E-state index in [1.807, 2.05) is 12.4 Å². The third-order valence-corrected chi connectivity index (χ3v) is 3.19. The van der Waals surface area contributed by atoms with Gasteiger partial charge in [0.2, 0.25) is 5.01 Å². The number of thiazole rings is 1. The van der Waals surface area contributed by atoms with Crippen molar-refractivity contribution in [3.63, 3.8) is 0 Å². The lowest BCUT2D eigenvalue weighted by Crippen LogP contribution is -2.23. The summed E-state index contributed by atoms with van der Waals surface area (Å²) in [6.07, 6.45) is 1.10. The van der Waals surface area contributed by atoms with Gasteiger partial charge in [-0.05, 0) is 40.7 Å². The number of hydrogen-bond donors (Lipinski definition) is 1. The summed E-state index contributed by atoms with van der Waals surface area (Å²) in [6, 6.07) is 0. The highest BCUT2D eigenvalue weighted by atomic mass is 32.1. The van der Waals surface area contributed by atoms with E-state index in [4.69, 9.17) is 5.11 Å². The van der Waals surface area contributed by atoms with Crippen LogP contribution in [0.1, 0.15) is 21.9 Å². The monoisotopic (exact) mass is 257 g/mol. The number of rotatable bonds is 7. The van der Waals surface area contributed by atoms with Crippen LogP contribution in [0.15, 0.2) is 5.38 Å². The van der Waals surface area contributed by atoms with Crippen LogP contribution < -0.4 is 0 Å². The fourth-order valence-electron chi connectivity index (χ4n) is 1.49. The van der Waals surface area contributed by atoms with Crippen molar-refractivity contribution in [1.82, 2.24) is 14.8 Å². The molecule has 17 heavy (non-hydrogen) atoms. The van der Waals surface area contributed by atoms with Crippen molar-refractivity contribution in [2.45, 2.75) is 13.0 Å². The van der Waals surface area contributed by atoms with Crippen LogP contribution in [0.25, 0.3) is 0 Å². The van der Waals surface area contributed by atoms with E-state index in [1.54, 1.807) is 0 Å². The molecule has 1 N–H and O–H groups in total. The lowest BCUT2D eigenvalue weighted by atomic mass is 10.3. The molecule has 0 unspecified atom stereocenters. The van der Waals surface area contributed by atoms with Crippen molar-refractivity contribution in [2.24, 2.45) is 0 Å². The highest BCUT2D eigenvalue weighted by Crippen LogP contribution is 2.11. The zero-order chi connectivity index (χ0) is 12.8. The second kappa shape index (κ2) is 6.68. The molecule has 1 aromatic heterocycles. The lowest BCUT2D eigenvalue weighted by Gasteiger charge is -2.16. The second-order valence-corrected chi connectivity index (χ2v) is 5.20. The average Bonchev–Trinajstić information content (AvgIpc) is 2.65. The largest absolute Gasteiger partial charge is 0.476 e. The first-order chi connectivity index (χ1) is 7.99. The first kappa shape index (κ1) is 14.1. The maximum atomic E-state index is 10.7. The summed E-state index contributed by atoms with van der Waals surface area (Å²) in [7, 11) is 6.13. The van der Waals surface area contributed by atoms with E-state index in [2.05, 4.69) is 28.9 Å². The summed E-state index contributed by atoms with van der Waals surface area (Å²) < 4.78 is 0. The van der Waals surface area contributed by atoms with Crippen molar-refractivity contribution < 1.29 is 9.90 Å². The summed E-state index contributed by atoms with van der Waals surface area (Å²) in [4.78, 5) is 19.0. The van der Waals surface area contributed by atoms with Crippen molar-refractivity contribution in [2.75, 3.05) is 34.2 Å². The molecular weight excluding hydrogens is 238 g/mol. The van der Waals surface area contributed by atoms with Gasteiger partial charge in [-0.15, -0.1) is 11.3 Å². The first-order valence-electron chi connectivity index (χ1n) is 5.50. The van der Waals surface area contributed by atoms with Gasteiger partial charge in [-0.25, -0.2) is 9.78 Å². The molecule has 0 radical (unpaired) electrons. The van der Waals surface area contributed by atoms with Gasteiger partial charge in [-0.3, -0.25) is 0 Å². The molecule has 0 spiro atoms. The summed E-state index contributed by atoms with van der Waals surface area (Å²) in [5.74, 6) is -0.948. The van der Waals surface area contributed by atoms with Crippen molar-refractivity contribution in [3.8, 4) is 0 Å². The molecule has 0 bridgehead atoms. The molecule has 0 saturated heterocycles. The molecule has 1 heterocycles. The number of carboxylic acids is 1. The van der Waals surface area contributed by atoms with Gasteiger partial charge in [-0.2, -0.15) is 0 Å². The van der Waals surface area contributed by atoms with Crippen LogP contribution in [0, 0.1) is 0 Å². The number of carbonyl (C=O) groups is 1. The van der Waals surface area contributed by atoms with Crippen LogP contribution in [0.3, 0.4) is 0 Å². The van der Waals surface area contributed by atoms with Gasteiger partial charge < -0.3 is 14.9 Å². The van der Waals surface area contributed by atoms with Crippen molar-refractivity contribution in [3.05, 3.63) is 16.1 Å². The molecule has 0 aliphatic carbocycles. The number of hydrogen-bond acceptors (Lipinski definition) is 5. The van der Waals surface area contributed by atoms with Gasteiger partial charge in [-0.1, -0.05) is 0 Å². The fourth-order valence-corrected chi connectivity index (χ4v) is 2.14. The van der Waals surface area contributed by atoms with E-state index < -0.39 is 5.97 Å². The van der Waals surface area contributed by atoms with Crippen LogP contribution in [-0.4, -0.2) is 60.1 Å². The number of carboxylic acid groups (broad SMARTS) is 1. The maximum Gasteiger partial charge on any atom is 0.365 e. The van der Waals surface area contributed by atoms with Gasteiger partial charge in [0, 0.05) is 11.9 Å². The molecule has 0 atom stereocenters. The van der Waals surface area contributed by atoms with Gasteiger partial charge in [0.25, 0.3) is 0 Å². The number of aromatic carboxylic acids is 1. The maximum absolute atomic E-state index is 10.7. The summed E-state index contributed by atoms with van der Waals surface area (Å²) in [5.41, 5.74) is 0.833. The first-order valence-corrected chi connectivity index (χ1v) is 6.38. The zero-order valence-electron chi connectivity index (χ0n) is 10.5. The molecule has 1 aromatic rings. The Morgan fingerprint density at radius 3 is 2.65 bits per heavy atom. The highest BCUT2D eigenvalue weighted by molar-refractivity contribution is 7.11. The molecule has 0 aromatic carbocycles. The van der Waals surface area contributed by atoms with E-state index in [9.17, 15) is 4.79 Å². The Balaban J connectivity index is 2.34. The molecule has 96 valence electrons. The minimum Gasteiger partial charge on any atom is -0.476 e. The van der Waals surface area contributed by atoms with Gasteiger partial charge in [0.15, 0.2) is 0 Å². The van der Waals surface area contributed by atoms with Crippen LogP contribution in [0.4, 0.5) is 0 Å². The number of aromatic nitrogens is 1. The normalized spacial score (nSPS) is 11.4. The number of nitrogens with zero attached hydrogens (tertiary/aromatic N) is 3. The topological polar surface area (TPSA) is 56.7 Å². The SMILES string of the molecule is CN(C)CCCN(C)Cc1csc(C(=O)O)n1. The average molecular weight is 257 g/mol. The van der Waals surface area contributed by atoms with Crippen LogP contribution >= 0.6 is 11.3 Å². The predicted molar refractivity (Wildman–Crippen MR) is 68.6 cm³/mol. The Morgan fingerprint density at radius 1 is 1.41 bits per heavy atom. The quantitative estimate of drug-likeness (QED) is 0.796. The molecule has 5 nitrogen and oxygen atoms in total. The van der Waals surface area contributed by atoms with Crippen LogP contribution in [0.5, 0.6) is 0 Å². The molecule has 0 saturated carbocycles. The molecule has 6 heteroatoms. The third-order valence-electron chi connectivity index (χ3n) is 2.31. The van der Waals surface area contributed by atoms with E-state index in [0.717, 1.165) is 25.2 Å². The Hall–Kier alpha value is -0.980. The minimum absolute atomic E-state index is 0.168. The van der Waals surface area contributed by atoms with E-state index in [-0.39, 0.29) is 5.01 Å². The van der Waals surface area contributed by atoms with Crippen LogP contribution in [0.2, 0.25) is 0 Å². The molecular formula is C11H19N3O2S. The lowest BCUT2D eigenvalue weighted by molar-refractivity contribution is 0.0696. The van der Waals surface area contributed by atoms with E-state index >= 15 is 0 Å². The van der Waals surface area contributed by atoms with E-state index in [0.29, 0.717) is 6.54 Å². The second-order valence-electron chi connectivity index (χ2n) is 4.34. The Kier molecular flexibility index (Phi) is 5.54. The third kappa shape index (κ3) is 5.25. The van der Waals surface area contributed by atoms with Gasteiger partial charge >= 0.3 is 5.97 Å². The Labute approximate surface area is 106 Å². The molecule has 1 rings (SSSR count). The van der Waals surface area contributed by atoms with Gasteiger partial charge in [0.1, 0.15) is 0 Å². The molecule has 0 amide bonds. The highest BCUT2D eigenvalue weighted by Gasteiger charge is 2.10. The predicted octanol–water partition coefficient (Wildman–Crippen LogP) is 1.22. The van der Waals surface area contributed by atoms with Crippen molar-refractivity contribution >= 4 is 17.3 Å². The van der Waals surface area contributed by atoms with Crippen molar-refractivity contribution in [1.29, 1.82) is 0 Å².